The SMILES string of the molecule is C/C=C(\C(=NCC)C(C)C)C(C)C. The predicted molar refractivity (Wildman–Crippen MR) is 61.4 cm³/mol. The molecular formula is C12H23N. The average molecular weight is 181 g/mol. The molecule has 0 atom stereocenters. The van der Waals surface area contributed by atoms with Gasteiger partial charge in [0.2, 0.25) is 0 Å². The summed E-state index contributed by atoms with van der Waals surface area (Å²) in [6.07, 6.45) is 2.19. The lowest BCUT2D eigenvalue weighted by Gasteiger charge is -2.17. The van der Waals surface area contributed by atoms with Gasteiger partial charge >= 0.3 is 0 Å². The summed E-state index contributed by atoms with van der Waals surface area (Å²) in [6, 6.07) is 0. The topological polar surface area (TPSA) is 12.4 Å². The maximum absolute atomic E-state index is 4.56. The molecule has 0 saturated carbocycles. The number of rotatable bonds is 4. The minimum Gasteiger partial charge on any atom is -0.290 e. The molecular weight excluding hydrogens is 158 g/mol. The third-order valence-corrected chi connectivity index (χ3v) is 2.10. The molecule has 0 aromatic rings. The van der Waals surface area contributed by atoms with Crippen LogP contribution in [0.15, 0.2) is 16.6 Å². The molecule has 0 aliphatic rings. The van der Waals surface area contributed by atoms with Gasteiger partial charge < -0.3 is 0 Å². The highest BCUT2D eigenvalue weighted by Gasteiger charge is 2.12. The fourth-order valence-corrected chi connectivity index (χ4v) is 1.55. The van der Waals surface area contributed by atoms with Crippen LogP contribution in [-0.2, 0) is 0 Å². The highest BCUT2D eigenvalue weighted by atomic mass is 14.7. The van der Waals surface area contributed by atoms with Crippen molar-refractivity contribution < 1.29 is 0 Å². The van der Waals surface area contributed by atoms with E-state index in [2.05, 4.69) is 52.6 Å². The van der Waals surface area contributed by atoms with E-state index in [0.29, 0.717) is 11.8 Å². The Kier molecular flexibility index (Phi) is 5.68. The van der Waals surface area contributed by atoms with E-state index in [9.17, 15) is 0 Å². The molecule has 76 valence electrons. The van der Waals surface area contributed by atoms with Crippen molar-refractivity contribution in [1.82, 2.24) is 0 Å². The summed E-state index contributed by atoms with van der Waals surface area (Å²) in [5.74, 6) is 1.12. The highest BCUT2D eigenvalue weighted by molar-refractivity contribution is 6.01. The Morgan fingerprint density at radius 2 is 1.69 bits per heavy atom. The van der Waals surface area contributed by atoms with E-state index in [-0.39, 0.29) is 0 Å². The zero-order valence-corrected chi connectivity index (χ0v) is 9.89. The van der Waals surface area contributed by atoms with E-state index < -0.39 is 0 Å². The van der Waals surface area contributed by atoms with E-state index >= 15 is 0 Å². The second-order valence-electron chi connectivity index (χ2n) is 3.91. The maximum atomic E-state index is 4.56. The number of nitrogens with zero attached hydrogens (tertiary/aromatic N) is 1. The van der Waals surface area contributed by atoms with Gasteiger partial charge in [-0.3, -0.25) is 4.99 Å². The van der Waals surface area contributed by atoms with Crippen LogP contribution in [0.3, 0.4) is 0 Å². The van der Waals surface area contributed by atoms with Crippen LogP contribution in [0.4, 0.5) is 0 Å². The van der Waals surface area contributed by atoms with Crippen LogP contribution in [-0.4, -0.2) is 12.3 Å². The summed E-state index contributed by atoms with van der Waals surface area (Å²) in [5, 5.41) is 0. The van der Waals surface area contributed by atoms with Crippen LogP contribution >= 0.6 is 0 Å². The third kappa shape index (κ3) is 3.75. The Hall–Kier alpha value is -0.590. The van der Waals surface area contributed by atoms with Crippen molar-refractivity contribution in [3.05, 3.63) is 11.6 Å². The maximum Gasteiger partial charge on any atom is 0.0404 e. The van der Waals surface area contributed by atoms with E-state index in [0.717, 1.165) is 6.54 Å². The number of hydrogen-bond acceptors (Lipinski definition) is 1. The first-order valence-electron chi connectivity index (χ1n) is 5.25. The van der Waals surface area contributed by atoms with E-state index in [4.69, 9.17) is 0 Å². The summed E-state index contributed by atoms with van der Waals surface area (Å²) in [4.78, 5) is 4.56. The molecule has 0 fully saturated rings. The summed E-state index contributed by atoms with van der Waals surface area (Å²) < 4.78 is 0. The first kappa shape index (κ1) is 12.4. The molecule has 0 rings (SSSR count). The first-order chi connectivity index (χ1) is 6.04. The second kappa shape index (κ2) is 5.95. The van der Waals surface area contributed by atoms with Crippen LogP contribution in [0.25, 0.3) is 0 Å². The minimum atomic E-state index is 0.536. The smallest absolute Gasteiger partial charge is 0.0404 e. The Labute approximate surface area is 83.0 Å². The van der Waals surface area contributed by atoms with Crippen molar-refractivity contribution in [2.75, 3.05) is 6.54 Å². The van der Waals surface area contributed by atoms with Crippen LogP contribution < -0.4 is 0 Å². The molecule has 0 aromatic carbocycles. The van der Waals surface area contributed by atoms with Crippen molar-refractivity contribution in [2.45, 2.75) is 41.5 Å². The molecule has 0 amide bonds. The molecule has 0 bridgehead atoms. The van der Waals surface area contributed by atoms with Crippen LogP contribution in [0.1, 0.15) is 41.5 Å². The van der Waals surface area contributed by atoms with Crippen molar-refractivity contribution in [1.29, 1.82) is 0 Å². The average Bonchev–Trinajstić information content (AvgIpc) is 2.03. The summed E-state index contributed by atoms with van der Waals surface area (Å²) in [6.45, 7) is 13.9. The van der Waals surface area contributed by atoms with Crippen LogP contribution in [0, 0.1) is 11.8 Å². The molecule has 0 N–H and O–H groups in total. The predicted octanol–water partition coefficient (Wildman–Crippen LogP) is 3.71. The van der Waals surface area contributed by atoms with Gasteiger partial charge in [-0.1, -0.05) is 33.8 Å². The quantitative estimate of drug-likeness (QED) is 0.586. The standard InChI is InChI=1S/C12H23N/c1-7-11(9(3)4)12(10(5)6)13-8-2/h7,9-10H,8H2,1-6H3/b11-7-,13-12?. The molecule has 0 aliphatic heterocycles. The summed E-state index contributed by atoms with van der Waals surface area (Å²) in [5.41, 5.74) is 2.68. The number of hydrogen-bond donors (Lipinski definition) is 0. The Morgan fingerprint density at radius 1 is 1.15 bits per heavy atom. The normalized spacial score (nSPS) is 14.5. The van der Waals surface area contributed by atoms with Crippen molar-refractivity contribution in [2.24, 2.45) is 16.8 Å². The Balaban J connectivity index is 4.83. The van der Waals surface area contributed by atoms with Gasteiger partial charge in [0.15, 0.2) is 0 Å². The zero-order valence-electron chi connectivity index (χ0n) is 9.89. The lowest BCUT2D eigenvalue weighted by atomic mass is 9.91. The summed E-state index contributed by atoms with van der Waals surface area (Å²) in [7, 11) is 0. The van der Waals surface area contributed by atoms with Gasteiger partial charge in [0, 0.05) is 12.3 Å². The van der Waals surface area contributed by atoms with Crippen molar-refractivity contribution in [3.8, 4) is 0 Å². The molecule has 0 aliphatic carbocycles. The van der Waals surface area contributed by atoms with Gasteiger partial charge in [-0.25, -0.2) is 0 Å². The highest BCUT2D eigenvalue weighted by Crippen LogP contribution is 2.16. The monoisotopic (exact) mass is 181 g/mol. The lowest BCUT2D eigenvalue weighted by Crippen LogP contribution is -2.15. The zero-order chi connectivity index (χ0) is 10.4. The molecule has 0 unspecified atom stereocenters. The van der Waals surface area contributed by atoms with Gasteiger partial charge in [0.1, 0.15) is 0 Å². The molecule has 0 aromatic heterocycles. The largest absolute Gasteiger partial charge is 0.290 e. The van der Waals surface area contributed by atoms with Gasteiger partial charge in [0.05, 0.1) is 0 Å². The molecule has 1 heteroatoms. The van der Waals surface area contributed by atoms with E-state index in [1.807, 2.05) is 0 Å². The third-order valence-electron chi connectivity index (χ3n) is 2.10. The molecule has 1 nitrogen and oxygen atoms in total. The Morgan fingerprint density at radius 3 is 1.92 bits per heavy atom. The van der Waals surface area contributed by atoms with Gasteiger partial charge in [-0.05, 0) is 31.3 Å². The van der Waals surface area contributed by atoms with Gasteiger partial charge in [0.25, 0.3) is 0 Å². The van der Waals surface area contributed by atoms with E-state index in [1.54, 1.807) is 0 Å². The van der Waals surface area contributed by atoms with Gasteiger partial charge in [-0.2, -0.15) is 0 Å². The van der Waals surface area contributed by atoms with Crippen LogP contribution in [0.5, 0.6) is 0 Å². The fraction of sp³-hybridized carbons (Fsp3) is 0.750. The molecule has 0 heterocycles. The van der Waals surface area contributed by atoms with Crippen molar-refractivity contribution >= 4 is 5.71 Å². The first-order valence-corrected chi connectivity index (χ1v) is 5.25. The molecule has 0 radical (unpaired) electrons. The molecule has 0 spiro atoms. The Bertz CT molecular complexity index is 197. The van der Waals surface area contributed by atoms with E-state index in [1.165, 1.54) is 11.3 Å². The second-order valence-corrected chi connectivity index (χ2v) is 3.91. The molecule has 13 heavy (non-hydrogen) atoms. The van der Waals surface area contributed by atoms with Crippen LogP contribution in [0.2, 0.25) is 0 Å². The lowest BCUT2D eigenvalue weighted by molar-refractivity contribution is 0.768. The minimum absolute atomic E-state index is 0.536. The van der Waals surface area contributed by atoms with Crippen molar-refractivity contribution in [3.63, 3.8) is 0 Å². The summed E-state index contributed by atoms with van der Waals surface area (Å²) >= 11 is 0. The number of aliphatic imine (C=N–C) groups is 1. The van der Waals surface area contributed by atoms with Gasteiger partial charge in [-0.15, -0.1) is 0 Å². The number of allylic oxidation sites excluding steroid dienone is 2. The molecule has 0 saturated heterocycles. The fourth-order valence-electron chi connectivity index (χ4n) is 1.55.